The van der Waals surface area contributed by atoms with Gasteiger partial charge in [0.05, 0.1) is 5.92 Å². The first kappa shape index (κ1) is 7.45. The Labute approximate surface area is 50.0 Å². The molecule has 0 saturated heterocycles. The molecule has 0 rings (SSSR count). The van der Waals surface area contributed by atoms with Crippen molar-refractivity contribution in [3.05, 3.63) is 11.4 Å². The van der Waals surface area contributed by atoms with Gasteiger partial charge in [0.15, 0.2) is 0 Å². The highest BCUT2D eigenvalue weighted by Gasteiger charge is 2.30. The average molecular weight is 113 g/mol. The third-order valence-electron chi connectivity index (χ3n) is 1.32. The molecule has 8 heavy (non-hydrogen) atoms. The summed E-state index contributed by atoms with van der Waals surface area (Å²) in [4.78, 5) is 3.03. The zero-order valence-electron chi connectivity index (χ0n) is 5.47. The molecule has 0 amide bonds. The Morgan fingerprint density at radius 1 is 1.62 bits per heavy atom. The van der Waals surface area contributed by atoms with Crippen molar-refractivity contribution in [2.45, 2.75) is 26.5 Å². The van der Waals surface area contributed by atoms with E-state index >= 15 is 0 Å². The molecule has 0 spiro atoms. The number of hydrogen-bond donors (Lipinski definition) is 1. The minimum Gasteiger partial charge on any atom is -0.324 e. The highest BCUT2D eigenvalue weighted by Crippen LogP contribution is 2.16. The van der Waals surface area contributed by atoms with E-state index in [1.807, 2.05) is 13.8 Å². The van der Waals surface area contributed by atoms with Crippen LogP contribution in [-0.4, -0.2) is 10.8 Å². The van der Waals surface area contributed by atoms with Crippen LogP contribution < -0.4 is 0 Å². The number of aliphatic hydroxyl groups is 1. The maximum Gasteiger partial charge on any atom is 0.334 e. The summed E-state index contributed by atoms with van der Waals surface area (Å²) in [6, 6.07) is 0. The fourth-order valence-corrected chi connectivity index (χ4v) is 0.129. The maximum absolute atomic E-state index is 9.05. The van der Waals surface area contributed by atoms with E-state index in [2.05, 4.69) is 4.85 Å². The van der Waals surface area contributed by atoms with Gasteiger partial charge in [-0.15, -0.1) is 0 Å². The van der Waals surface area contributed by atoms with Gasteiger partial charge in [-0.05, 0) is 0 Å². The highest BCUT2D eigenvalue weighted by atomic mass is 16.3. The van der Waals surface area contributed by atoms with E-state index in [-0.39, 0.29) is 5.92 Å². The second kappa shape index (κ2) is 2.15. The van der Waals surface area contributed by atoms with Crippen LogP contribution in [0, 0.1) is 12.5 Å². The molecule has 0 aromatic heterocycles. The molecule has 0 aliphatic carbocycles. The molecule has 0 aromatic rings. The molecule has 0 fully saturated rings. The van der Waals surface area contributed by atoms with Crippen molar-refractivity contribution >= 4 is 0 Å². The second-order valence-electron chi connectivity index (χ2n) is 2.36. The van der Waals surface area contributed by atoms with Crippen LogP contribution in [0.25, 0.3) is 4.85 Å². The number of rotatable bonds is 1. The van der Waals surface area contributed by atoms with Crippen molar-refractivity contribution in [2.24, 2.45) is 5.92 Å². The monoisotopic (exact) mass is 113 g/mol. The van der Waals surface area contributed by atoms with Gasteiger partial charge >= 0.3 is 5.72 Å². The molecule has 0 aliphatic rings. The van der Waals surface area contributed by atoms with Gasteiger partial charge in [0.25, 0.3) is 0 Å². The van der Waals surface area contributed by atoms with E-state index in [0.717, 1.165) is 0 Å². The van der Waals surface area contributed by atoms with Gasteiger partial charge in [-0.1, -0.05) is 13.8 Å². The van der Waals surface area contributed by atoms with E-state index in [4.69, 9.17) is 11.7 Å². The van der Waals surface area contributed by atoms with Crippen molar-refractivity contribution < 1.29 is 5.11 Å². The van der Waals surface area contributed by atoms with Gasteiger partial charge in [0.2, 0.25) is 0 Å². The van der Waals surface area contributed by atoms with Gasteiger partial charge in [0, 0.05) is 6.92 Å². The van der Waals surface area contributed by atoms with Gasteiger partial charge in [0.1, 0.15) is 0 Å². The number of nitrogens with zero attached hydrogens (tertiary/aromatic N) is 1. The summed E-state index contributed by atoms with van der Waals surface area (Å²) in [6.45, 7) is 11.7. The summed E-state index contributed by atoms with van der Waals surface area (Å²) >= 11 is 0. The van der Waals surface area contributed by atoms with Crippen LogP contribution in [0.4, 0.5) is 0 Å². The summed E-state index contributed by atoms with van der Waals surface area (Å²) in [6.07, 6.45) is 0. The van der Waals surface area contributed by atoms with Crippen molar-refractivity contribution in [3.63, 3.8) is 0 Å². The van der Waals surface area contributed by atoms with Crippen LogP contribution in [0.3, 0.4) is 0 Å². The Balaban J connectivity index is 3.97. The van der Waals surface area contributed by atoms with E-state index in [9.17, 15) is 0 Å². The Morgan fingerprint density at radius 3 is 2.00 bits per heavy atom. The first-order valence-electron chi connectivity index (χ1n) is 2.61. The molecule has 1 atom stereocenters. The van der Waals surface area contributed by atoms with Crippen molar-refractivity contribution in [1.82, 2.24) is 0 Å². The molecule has 0 aliphatic heterocycles. The van der Waals surface area contributed by atoms with Crippen molar-refractivity contribution in [2.75, 3.05) is 0 Å². The SMILES string of the molecule is [C-]#[N+]C(C)(O)C(C)C. The normalized spacial score (nSPS) is 17.5. The summed E-state index contributed by atoms with van der Waals surface area (Å²) in [7, 11) is 0. The second-order valence-corrected chi connectivity index (χ2v) is 2.36. The molecule has 0 saturated carbocycles. The molecule has 0 bridgehead atoms. The molecule has 1 N–H and O–H groups in total. The fourth-order valence-electron chi connectivity index (χ4n) is 0.129. The summed E-state index contributed by atoms with van der Waals surface area (Å²) in [5, 5.41) is 9.05. The van der Waals surface area contributed by atoms with E-state index < -0.39 is 5.72 Å². The molecular weight excluding hydrogens is 102 g/mol. The van der Waals surface area contributed by atoms with Crippen molar-refractivity contribution in [1.29, 1.82) is 0 Å². The zero-order chi connectivity index (χ0) is 6.78. The van der Waals surface area contributed by atoms with Crippen LogP contribution in [0.15, 0.2) is 0 Å². The van der Waals surface area contributed by atoms with E-state index in [0.29, 0.717) is 0 Å². The standard InChI is InChI=1S/C6H11NO/c1-5(2)6(3,8)7-4/h5,8H,1-3H3. The van der Waals surface area contributed by atoms with Crippen molar-refractivity contribution in [3.8, 4) is 0 Å². The van der Waals surface area contributed by atoms with Gasteiger partial charge in [-0.25, -0.2) is 6.57 Å². The lowest BCUT2D eigenvalue weighted by Gasteiger charge is -2.12. The first-order chi connectivity index (χ1) is 3.50. The van der Waals surface area contributed by atoms with Crippen LogP contribution in [0.1, 0.15) is 20.8 Å². The molecule has 0 radical (unpaired) electrons. The lowest BCUT2D eigenvalue weighted by molar-refractivity contribution is 0.0599. The molecule has 0 heterocycles. The Hall–Kier alpha value is -0.550. The average Bonchev–Trinajstić information content (AvgIpc) is 1.67. The molecular formula is C6H11NO. The third kappa shape index (κ3) is 1.51. The largest absolute Gasteiger partial charge is 0.334 e. The topological polar surface area (TPSA) is 24.6 Å². The lowest BCUT2D eigenvalue weighted by atomic mass is 10.0. The minimum atomic E-state index is -1.17. The Kier molecular flexibility index (Phi) is 2.00. The predicted molar refractivity (Wildman–Crippen MR) is 32.1 cm³/mol. The highest BCUT2D eigenvalue weighted by molar-refractivity contribution is 4.84. The first-order valence-corrected chi connectivity index (χ1v) is 2.61. The Morgan fingerprint density at radius 2 is 2.00 bits per heavy atom. The third-order valence-corrected chi connectivity index (χ3v) is 1.32. The van der Waals surface area contributed by atoms with Gasteiger partial charge in [-0.3, -0.25) is 4.85 Å². The van der Waals surface area contributed by atoms with Crippen LogP contribution >= 0.6 is 0 Å². The molecule has 2 heteroatoms. The fraction of sp³-hybridized carbons (Fsp3) is 0.833. The van der Waals surface area contributed by atoms with Crippen LogP contribution in [0.5, 0.6) is 0 Å². The van der Waals surface area contributed by atoms with Crippen LogP contribution in [-0.2, 0) is 0 Å². The zero-order valence-corrected chi connectivity index (χ0v) is 5.47. The molecule has 2 nitrogen and oxygen atoms in total. The Bertz CT molecular complexity index is 110. The number of hydrogen-bond acceptors (Lipinski definition) is 1. The van der Waals surface area contributed by atoms with E-state index in [1.165, 1.54) is 6.92 Å². The molecule has 46 valence electrons. The van der Waals surface area contributed by atoms with Gasteiger partial charge in [-0.2, -0.15) is 0 Å². The van der Waals surface area contributed by atoms with Crippen LogP contribution in [0.2, 0.25) is 0 Å². The summed E-state index contributed by atoms with van der Waals surface area (Å²) in [5.41, 5.74) is -1.17. The smallest absolute Gasteiger partial charge is 0.324 e. The quantitative estimate of drug-likeness (QED) is 0.509. The summed E-state index contributed by atoms with van der Waals surface area (Å²) < 4.78 is 0. The van der Waals surface area contributed by atoms with Gasteiger partial charge < -0.3 is 5.11 Å². The van der Waals surface area contributed by atoms with E-state index in [1.54, 1.807) is 0 Å². The lowest BCUT2D eigenvalue weighted by Crippen LogP contribution is -2.25. The minimum absolute atomic E-state index is 0.0139. The summed E-state index contributed by atoms with van der Waals surface area (Å²) in [5.74, 6) is 0.0139. The maximum atomic E-state index is 9.05. The predicted octanol–water partition coefficient (Wildman–Crippen LogP) is 1.27. The molecule has 1 unspecified atom stereocenters. The molecule has 0 aromatic carbocycles.